The molecule has 0 aliphatic heterocycles. The summed E-state index contributed by atoms with van der Waals surface area (Å²) in [6, 6.07) is 10.4. The topological polar surface area (TPSA) is 219 Å². The van der Waals surface area contributed by atoms with E-state index in [2.05, 4.69) is 30.5 Å². The molecule has 0 unspecified atom stereocenters. The van der Waals surface area contributed by atoms with E-state index in [1.807, 2.05) is 0 Å². The summed E-state index contributed by atoms with van der Waals surface area (Å²) in [7, 11) is -4.81. The van der Waals surface area contributed by atoms with Gasteiger partial charge in [0.1, 0.15) is 16.3 Å². The van der Waals surface area contributed by atoms with Crippen molar-refractivity contribution in [2.75, 3.05) is 11.1 Å². The van der Waals surface area contributed by atoms with Gasteiger partial charge in [0.05, 0.1) is 10.6 Å². The molecular weight excluding hydrogens is 504 g/mol. The number of azo groups is 1. The maximum absolute atomic E-state index is 11.8. The number of rotatable bonds is 6. The monoisotopic (exact) mass is 516 g/mol. The number of nitro benzene ring substituents is 1. The average molecular weight is 517 g/mol. The number of anilines is 3. The Labute approximate surface area is 201 Å². The Morgan fingerprint density at radius 1 is 1.03 bits per heavy atom. The lowest BCUT2D eigenvalue weighted by Crippen LogP contribution is -2.03. The minimum Gasteiger partial charge on any atom is -0.506 e. The first-order valence-electron chi connectivity index (χ1n) is 9.39. The van der Waals surface area contributed by atoms with Crippen LogP contribution in [0.2, 0.25) is 5.28 Å². The zero-order valence-electron chi connectivity index (χ0n) is 17.2. The summed E-state index contributed by atoms with van der Waals surface area (Å²) in [5.74, 6) is -0.540. The molecule has 0 fully saturated rings. The normalized spacial score (nSPS) is 11.7. The number of nitrogens with zero attached hydrogens (tertiary/aromatic N) is 6. The van der Waals surface area contributed by atoms with Crippen LogP contribution in [0, 0.1) is 10.1 Å². The lowest BCUT2D eigenvalue weighted by molar-refractivity contribution is -0.384. The quantitative estimate of drug-likeness (QED) is 0.122. The second-order valence-corrected chi connectivity index (χ2v) is 8.59. The molecule has 3 aromatic carbocycles. The number of hydrogen-bond acceptors (Lipinski definition) is 12. The Morgan fingerprint density at radius 3 is 2.37 bits per heavy atom. The number of nitrogens with two attached hydrogens (primary N) is 1. The second-order valence-electron chi connectivity index (χ2n) is 6.86. The van der Waals surface area contributed by atoms with Gasteiger partial charge in [0.2, 0.25) is 17.2 Å². The van der Waals surface area contributed by atoms with Crippen molar-refractivity contribution in [2.24, 2.45) is 10.2 Å². The van der Waals surface area contributed by atoms with E-state index < -0.39 is 31.4 Å². The molecule has 0 saturated carbocycles. The van der Waals surface area contributed by atoms with Crippen LogP contribution < -0.4 is 11.1 Å². The third-order valence-corrected chi connectivity index (χ3v) is 5.60. The summed E-state index contributed by atoms with van der Waals surface area (Å²) < 4.78 is 33.0. The van der Waals surface area contributed by atoms with Gasteiger partial charge in [-0.15, -0.1) is 5.11 Å². The Balaban J connectivity index is 1.68. The third-order valence-electron chi connectivity index (χ3n) is 4.54. The second kappa shape index (κ2) is 9.05. The van der Waals surface area contributed by atoms with E-state index in [1.54, 1.807) is 24.3 Å². The summed E-state index contributed by atoms with van der Waals surface area (Å²) in [4.78, 5) is 21.1. The van der Waals surface area contributed by atoms with Crippen LogP contribution in [0.1, 0.15) is 0 Å². The molecule has 0 aliphatic carbocycles. The van der Waals surface area contributed by atoms with Gasteiger partial charge in [-0.05, 0) is 41.9 Å². The van der Waals surface area contributed by atoms with Crippen molar-refractivity contribution in [3.8, 4) is 5.75 Å². The fourth-order valence-electron chi connectivity index (χ4n) is 3.05. The SMILES string of the molecule is Nc1nc(Cl)nc(Nc2ccc(N=Nc3c(O)cc(S(=O)(=O)O)c4cc([N+](=O)[O-])ccc34)cc2)n1. The number of hydrogen-bond donors (Lipinski definition) is 4. The van der Waals surface area contributed by atoms with Gasteiger partial charge in [-0.25, -0.2) is 0 Å². The van der Waals surface area contributed by atoms with Crippen LogP contribution in [0.4, 0.5) is 34.6 Å². The maximum Gasteiger partial charge on any atom is 0.295 e. The zero-order valence-corrected chi connectivity index (χ0v) is 18.8. The number of aromatic nitrogens is 3. The molecule has 35 heavy (non-hydrogen) atoms. The fraction of sp³-hybridized carbons (Fsp3) is 0. The number of phenols is 1. The van der Waals surface area contributed by atoms with Crippen molar-refractivity contribution in [1.29, 1.82) is 0 Å². The smallest absolute Gasteiger partial charge is 0.295 e. The number of halogens is 1. The Morgan fingerprint density at radius 2 is 1.74 bits per heavy atom. The summed E-state index contributed by atoms with van der Waals surface area (Å²) in [5, 5.41) is 32.1. The van der Waals surface area contributed by atoms with Crippen molar-refractivity contribution < 1.29 is 23.0 Å². The Kier molecular flexibility index (Phi) is 6.12. The first-order chi connectivity index (χ1) is 16.5. The molecule has 0 spiro atoms. The molecule has 0 aliphatic rings. The number of phenolic OH excluding ortho intramolecular Hbond substituents is 1. The molecule has 0 saturated heterocycles. The summed E-state index contributed by atoms with van der Waals surface area (Å²) in [6.07, 6.45) is 0. The molecule has 178 valence electrons. The van der Waals surface area contributed by atoms with Crippen LogP contribution in [-0.2, 0) is 10.1 Å². The van der Waals surface area contributed by atoms with Crippen LogP contribution in [-0.4, -0.2) is 38.0 Å². The van der Waals surface area contributed by atoms with Gasteiger partial charge in [0, 0.05) is 34.7 Å². The lowest BCUT2D eigenvalue weighted by atomic mass is 10.1. The van der Waals surface area contributed by atoms with Gasteiger partial charge in [0.15, 0.2) is 0 Å². The van der Waals surface area contributed by atoms with Crippen LogP contribution in [0.15, 0.2) is 63.7 Å². The molecule has 0 atom stereocenters. The highest BCUT2D eigenvalue weighted by atomic mass is 35.5. The van der Waals surface area contributed by atoms with Gasteiger partial charge in [0.25, 0.3) is 15.8 Å². The summed E-state index contributed by atoms with van der Waals surface area (Å²) in [6.45, 7) is 0. The molecule has 14 nitrogen and oxygen atoms in total. The van der Waals surface area contributed by atoms with E-state index in [0.717, 1.165) is 18.2 Å². The number of aromatic hydroxyl groups is 1. The van der Waals surface area contributed by atoms with E-state index in [4.69, 9.17) is 17.3 Å². The van der Waals surface area contributed by atoms with Crippen LogP contribution in [0.5, 0.6) is 5.75 Å². The lowest BCUT2D eigenvalue weighted by Gasteiger charge is -2.09. The minimum atomic E-state index is -4.81. The number of benzene rings is 3. The Hall–Kier alpha value is -4.47. The summed E-state index contributed by atoms with van der Waals surface area (Å²) in [5.41, 5.74) is 5.86. The first kappa shape index (κ1) is 23.7. The molecule has 0 radical (unpaired) electrons. The van der Waals surface area contributed by atoms with E-state index >= 15 is 0 Å². The third kappa shape index (κ3) is 5.21. The van der Waals surface area contributed by atoms with Gasteiger partial charge in [-0.2, -0.15) is 28.5 Å². The molecule has 4 aromatic rings. The van der Waals surface area contributed by atoms with Gasteiger partial charge in [-0.3, -0.25) is 14.7 Å². The fourth-order valence-corrected chi connectivity index (χ4v) is 3.93. The minimum absolute atomic E-state index is 0.0227. The standard InChI is InChI=1S/C19H13ClN8O6S/c20-17-23-18(21)25-19(24-17)22-9-1-3-10(4-2-9)26-27-16-12-6-5-11(28(30)31)7-13(12)15(8-14(16)29)35(32,33)34/h1-8,29H,(H,32,33,34)(H3,21,22,23,24,25). The van der Waals surface area contributed by atoms with Crippen LogP contribution in [0.3, 0.4) is 0 Å². The van der Waals surface area contributed by atoms with Crippen molar-refractivity contribution in [3.05, 3.63) is 63.9 Å². The van der Waals surface area contributed by atoms with Crippen molar-refractivity contribution >= 4 is 67.1 Å². The molecule has 1 aromatic heterocycles. The summed E-state index contributed by atoms with van der Waals surface area (Å²) >= 11 is 5.74. The van der Waals surface area contributed by atoms with Crippen LogP contribution in [0.25, 0.3) is 10.8 Å². The highest BCUT2D eigenvalue weighted by Gasteiger charge is 2.22. The number of nitrogen functional groups attached to an aromatic ring is 1. The number of nitro groups is 1. The number of non-ortho nitro benzene ring substituents is 1. The highest BCUT2D eigenvalue weighted by Crippen LogP contribution is 2.41. The largest absolute Gasteiger partial charge is 0.506 e. The Bertz CT molecular complexity index is 1590. The number of nitrogens with one attached hydrogen (secondary N) is 1. The van der Waals surface area contributed by atoms with Crippen LogP contribution >= 0.6 is 11.6 Å². The van der Waals surface area contributed by atoms with E-state index in [9.17, 15) is 28.2 Å². The highest BCUT2D eigenvalue weighted by molar-refractivity contribution is 7.86. The van der Waals surface area contributed by atoms with Crippen molar-refractivity contribution in [2.45, 2.75) is 4.90 Å². The molecule has 0 bridgehead atoms. The van der Waals surface area contributed by atoms with Crippen molar-refractivity contribution in [3.63, 3.8) is 0 Å². The van der Waals surface area contributed by atoms with Gasteiger partial charge < -0.3 is 16.2 Å². The van der Waals surface area contributed by atoms with E-state index in [0.29, 0.717) is 11.4 Å². The molecule has 16 heteroatoms. The molecule has 4 rings (SSSR count). The maximum atomic E-state index is 11.8. The molecule has 0 amide bonds. The molecule has 1 heterocycles. The van der Waals surface area contributed by atoms with Crippen molar-refractivity contribution in [1.82, 2.24) is 15.0 Å². The predicted octanol–water partition coefficient (Wildman–Crippen LogP) is 4.28. The van der Waals surface area contributed by atoms with Gasteiger partial charge >= 0.3 is 0 Å². The zero-order chi connectivity index (χ0) is 25.3. The molecular formula is C19H13ClN8O6S. The average Bonchev–Trinajstić information content (AvgIpc) is 2.77. The van der Waals surface area contributed by atoms with Gasteiger partial charge in [-0.1, -0.05) is 0 Å². The molecule has 5 N–H and O–H groups in total. The number of fused-ring (bicyclic) bond motifs is 1. The predicted molar refractivity (Wildman–Crippen MR) is 125 cm³/mol. The van der Waals surface area contributed by atoms with E-state index in [-0.39, 0.29) is 33.6 Å². The van der Waals surface area contributed by atoms with E-state index in [1.165, 1.54) is 6.07 Å². The first-order valence-corrected chi connectivity index (χ1v) is 11.2.